The molecule has 0 fully saturated rings. The molecule has 1 heterocycles. The number of anilines is 1. The molecule has 0 saturated heterocycles. The molecule has 0 saturated carbocycles. The third kappa shape index (κ3) is 2.86. The van der Waals surface area contributed by atoms with Gasteiger partial charge in [0.15, 0.2) is 11.4 Å². The number of ketones is 1. The summed E-state index contributed by atoms with van der Waals surface area (Å²) in [6, 6.07) is 14.2. The molecule has 1 aliphatic rings. The van der Waals surface area contributed by atoms with Crippen molar-refractivity contribution >= 4 is 35.1 Å². The number of nitrogens with zero attached hydrogens (tertiary/aromatic N) is 1. The van der Waals surface area contributed by atoms with E-state index in [2.05, 4.69) is 0 Å². The van der Waals surface area contributed by atoms with E-state index in [1.165, 1.54) is 17.0 Å². The molecule has 4 nitrogen and oxygen atoms in total. The summed E-state index contributed by atoms with van der Waals surface area (Å²) >= 11 is 5.98. The van der Waals surface area contributed by atoms with Gasteiger partial charge in [-0.3, -0.25) is 9.59 Å². The van der Waals surface area contributed by atoms with E-state index in [-0.39, 0.29) is 12.2 Å². The van der Waals surface area contributed by atoms with Gasteiger partial charge in [-0.25, -0.2) is 0 Å². The van der Waals surface area contributed by atoms with Crippen LogP contribution < -0.4 is 4.90 Å². The molecule has 0 unspecified atom stereocenters. The molecule has 1 amide bonds. The first-order valence-electron chi connectivity index (χ1n) is 7.48. The molecule has 0 aliphatic carbocycles. The molecule has 24 heavy (non-hydrogen) atoms. The van der Waals surface area contributed by atoms with Crippen LogP contribution >= 0.6 is 11.6 Å². The van der Waals surface area contributed by atoms with Crippen LogP contribution in [0, 0.1) is 0 Å². The molecule has 0 bridgehead atoms. The molecule has 1 atom stereocenters. The Hall–Kier alpha value is -2.43. The van der Waals surface area contributed by atoms with Gasteiger partial charge in [0.25, 0.3) is 5.91 Å². The first-order chi connectivity index (χ1) is 11.4. The summed E-state index contributed by atoms with van der Waals surface area (Å²) in [7, 11) is 1.57. The van der Waals surface area contributed by atoms with Crippen LogP contribution in [0.2, 0.25) is 5.02 Å². The van der Waals surface area contributed by atoms with E-state index < -0.39 is 11.5 Å². The number of rotatable bonds is 4. The van der Waals surface area contributed by atoms with Crippen molar-refractivity contribution in [2.75, 3.05) is 11.9 Å². The van der Waals surface area contributed by atoms with E-state index in [4.69, 9.17) is 11.6 Å². The fourth-order valence-corrected chi connectivity index (χ4v) is 3.04. The largest absolute Gasteiger partial charge is 0.375 e. The third-order valence-electron chi connectivity index (χ3n) is 4.12. The molecular weight excluding hydrogens is 326 g/mol. The van der Waals surface area contributed by atoms with Gasteiger partial charge in [0, 0.05) is 17.6 Å². The lowest BCUT2D eigenvalue weighted by Crippen LogP contribution is -2.40. The molecule has 2 aromatic carbocycles. The fourth-order valence-electron chi connectivity index (χ4n) is 2.87. The second-order valence-corrected chi connectivity index (χ2v) is 6.21. The molecular formula is C19H16ClNO3. The van der Waals surface area contributed by atoms with Gasteiger partial charge in [0.05, 0.1) is 12.1 Å². The summed E-state index contributed by atoms with van der Waals surface area (Å²) in [5.74, 6) is -0.864. The highest BCUT2D eigenvalue weighted by molar-refractivity contribution is 6.31. The third-order valence-corrected chi connectivity index (χ3v) is 4.35. The van der Waals surface area contributed by atoms with Gasteiger partial charge in [0.2, 0.25) is 0 Å². The highest BCUT2D eigenvalue weighted by Gasteiger charge is 2.49. The van der Waals surface area contributed by atoms with Gasteiger partial charge in [-0.2, -0.15) is 0 Å². The zero-order valence-corrected chi connectivity index (χ0v) is 13.8. The van der Waals surface area contributed by atoms with E-state index in [9.17, 15) is 14.7 Å². The summed E-state index contributed by atoms with van der Waals surface area (Å²) in [6.45, 7) is 0. The number of fused-ring (bicyclic) bond motifs is 1. The Labute approximate surface area is 145 Å². The Morgan fingerprint density at radius 2 is 1.96 bits per heavy atom. The normalized spacial score (nSPS) is 19.8. The van der Waals surface area contributed by atoms with E-state index in [0.29, 0.717) is 16.3 Å². The van der Waals surface area contributed by atoms with Crippen molar-refractivity contribution < 1.29 is 14.7 Å². The Morgan fingerprint density at radius 3 is 2.67 bits per heavy atom. The number of carbonyl (C=O) groups is 2. The van der Waals surface area contributed by atoms with Gasteiger partial charge >= 0.3 is 0 Å². The van der Waals surface area contributed by atoms with Crippen LogP contribution in [0.3, 0.4) is 0 Å². The zero-order valence-electron chi connectivity index (χ0n) is 13.1. The SMILES string of the molecule is CN1C(=O)[C@@](O)(CC(=O)/C=C/c2ccccc2)c2cc(Cl)ccc21. The van der Waals surface area contributed by atoms with Crippen molar-refractivity contribution in [3.8, 4) is 0 Å². The quantitative estimate of drug-likeness (QED) is 0.869. The standard InChI is InChI=1S/C19H16ClNO3/c1-21-17-10-8-14(20)11-16(17)19(24,18(21)23)12-15(22)9-7-13-5-3-2-4-6-13/h2-11,24H,12H2,1H3/b9-7+/t19-/m1/s1. The molecule has 1 aliphatic heterocycles. The fraction of sp³-hybridized carbons (Fsp3) is 0.158. The number of carbonyl (C=O) groups excluding carboxylic acids is 2. The molecule has 3 rings (SSSR count). The van der Waals surface area contributed by atoms with Gasteiger partial charge in [-0.1, -0.05) is 48.0 Å². The summed E-state index contributed by atoms with van der Waals surface area (Å²) in [5, 5.41) is 11.3. The average Bonchev–Trinajstić information content (AvgIpc) is 2.75. The van der Waals surface area contributed by atoms with Crippen LogP contribution in [0.25, 0.3) is 6.08 Å². The van der Waals surface area contributed by atoms with Gasteiger partial charge < -0.3 is 10.0 Å². The van der Waals surface area contributed by atoms with E-state index in [0.717, 1.165) is 5.56 Å². The molecule has 2 aromatic rings. The van der Waals surface area contributed by atoms with Crippen molar-refractivity contribution in [1.82, 2.24) is 0 Å². The summed E-state index contributed by atoms with van der Waals surface area (Å²) in [4.78, 5) is 26.1. The van der Waals surface area contributed by atoms with Crippen LogP contribution in [0.15, 0.2) is 54.6 Å². The van der Waals surface area contributed by atoms with Crippen molar-refractivity contribution in [3.05, 3.63) is 70.8 Å². The lowest BCUT2D eigenvalue weighted by atomic mass is 9.89. The Morgan fingerprint density at radius 1 is 1.25 bits per heavy atom. The Bertz CT molecular complexity index is 832. The van der Waals surface area contributed by atoms with Crippen LogP contribution in [0.1, 0.15) is 17.5 Å². The number of hydrogen-bond acceptors (Lipinski definition) is 3. The van der Waals surface area contributed by atoms with Crippen molar-refractivity contribution in [3.63, 3.8) is 0 Å². The summed E-state index contributed by atoms with van der Waals surface area (Å²) in [6.07, 6.45) is 2.71. The zero-order chi connectivity index (χ0) is 17.3. The molecule has 0 radical (unpaired) electrons. The number of likely N-dealkylation sites (N-methyl/N-ethyl adjacent to an activating group) is 1. The van der Waals surface area contributed by atoms with Crippen LogP contribution in [0.5, 0.6) is 0 Å². The topological polar surface area (TPSA) is 57.6 Å². The van der Waals surface area contributed by atoms with Crippen LogP contribution in [-0.4, -0.2) is 23.8 Å². The first-order valence-corrected chi connectivity index (χ1v) is 7.86. The minimum absolute atomic E-state index is 0.327. The lowest BCUT2D eigenvalue weighted by molar-refractivity contribution is -0.140. The number of aliphatic hydroxyl groups is 1. The smallest absolute Gasteiger partial charge is 0.263 e. The maximum Gasteiger partial charge on any atom is 0.263 e. The summed E-state index contributed by atoms with van der Waals surface area (Å²) < 4.78 is 0. The van der Waals surface area contributed by atoms with Gasteiger partial charge in [-0.15, -0.1) is 0 Å². The lowest BCUT2D eigenvalue weighted by Gasteiger charge is -2.20. The molecule has 1 N–H and O–H groups in total. The maximum absolute atomic E-state index is 12.5. The van der Waals surface area contributed by atoms with E-state index in [1.807, 2.05) is 30.3 Å². The van der Waals surface area contributed by atoms with Gasteiger partial charge in [0.1, 0.15) is 0 Å². The monoisotopic (exact) mass is 341 g/mol. The van der Waals surface area contributed by atoms with Crippen molar-refractivity contribution in [2.24, 2.45) is 0 Å². The number of allylic oxidation sites excluding steroid dienone is 1. The minimum Gasteiger partial charge on any atom is -0.375 e. The summed E-state index contributed by atoms with van der Waals surface area (Å²) in [5.41, 5.74) is -0.0838. The first kappa shape index (κ1) is 16.4. The van der Waals surface area contributed by atoms with Gasteiger partial charge in [-0.05, 0) is 29.8 Å². The second kappa shape index (κ2) is 6.23. The van der Waals surface area contributed by atoms with Crippen molar-refractivity contribution in [2.45, 2.75) is 12.0 Å². The number of hydrogen-bond donors (Lipinski definition) is 1. The molecule has 0 spiro atoms. The minimum atomic E-state index is -1.88. The van der Waals surface area contributed by atoms with E-state index >= 15 is 0 Å². The van der Waals surface area contributed by atoms with E-state index in [1.54, 1.807) is 25.3 Å². The average molecular weight is 342 g/mol. The predicted molar refractivity (Wildman–Crippen MR) is 93.9 cm³/mol. The molecule has 0 aromatic heterocycles. The predicted octanol–water partition coefficient (Wildman–Crippen LogP) is 3.18. The number of benzene rings is 2. The highest BCUT2D eigenvalue weighted by atomic mass is 35.5. The Kier molecular flexibility index (Phi) is 4.26. The van der Waals surface area contributed by atoms with Crippen LogP contribution in [0.4, 0.5) is 5.69 Å². The van der Waals surface area contributed by atoms with Crippen molar-refractivity contribution in [1.29, 1.82) is 0 Å². The number of amides is 1. The maximum atomic E-state index is 12.5. The molecule has 122 valence electrons. The molecule has 5 heteroatoms. The van der Waals surface area contributed by atoms with Crippen LogP contribution in [-0.2, 0) is 15.2 Å². The Balaban J connectivity index is 1.86. The second-order valence-electron chi connectivity index (χ2n) is 5.77. The number of halogens is 1. The highest BCUT2D eigenvalue weighted by Crippen LogP contribution is 2.42.